The summed E-state index contributed by atoms with van der Waals surface area (Å²) in [5.41, 5.74) is 8.65. The van der Waals surface area contributed by atoms with E-state index in [0.717, 1.165) is 51.0 Å². The van der Waals surface area contributed by atoms with Crippen molar-refractivity contribution < 1.29 is 27.5 Å². The molecule has 1 amide bonds. The van der Waals surface area contributed by atoms with Gasteiger partial charge in [0.1, 0.15) is 0 Å². The van der Waals surface area contributed by atoms with Crippen molar-refractivity contribution in [1.82, 2.24) is 0 Å². The molecular weight excluding hydrogens is 823 g/mol. The fourth-order valence-corrected chi connectivity index (χ4v) is 11.8. The molecule has 5 nitrogen and oxygen atoms in total. The van der Waals surface area contributed by atoms with Crippen LogP contribution in [0.15, 0.2) is 84.9 Å². The summed E-state index contributed by atoms with van der Waals surface area (Å²) >= 11 is -2.09. The van der Waals surface area contributed by atoms with E-state index in [4.69, 9.17) is 24.1 Å². The third kappa shape index (κ3) is 7.12. The number of ether oxygens (including phenoxy) is 1. The standard InChI is InChI=1S/C48H55N3O2.2ClH.Ru/c1-31(2)40-21-18-36-15-16-38-27-42(36)45(40)49-23-24-50(30-49)46-41(22-19-37-17-20-39(28-43(37)46)48(7,8)29-33(38)4)34(5)51(25-11-12-26-51)47(52)35(6)53-44-14-10-9-13-32(44)3;;;/h3,9-10,13-22,27-28,30-31,33-35H,11-12,23-26,29H2,1-2,4-8H3;2*1H;/q;;;+2/p-2. The first-order valence-corrected chi connectivity index (χ1v) is 25.8. The van der Waals surface area contributed by atoms with E-state index >= 15 is 4.79 Å². The van der Waals surface area contributed by atoms with Crippen molar-refractivity contribution in [3.8, 4) is 5.75 Å². The Hall–Kier alpha value is -3.28. The molecule has 3 heterocycles. The Labute approximate surface area is 346 Å². The maximum atomic E-state index is 15.0. The molecule has 0 saturated carbocycles. The first kappa shape index (κ1) is 39.5. The van der Waals surface area contributed by atoms with Crippen LogP contribution in [0.2, 0.25) is 0 Å². The molecule has 3 aliphatic heterocycles. The number of carbonyl (C=O) groups excluding carboxylic acids is 1. The number of hydrogen-bond acceptors (Lipinski definition) is 4. The summed E-state index contributed by atoms with van der Waals surface area (Å²) in [6, 6.07) is 31.2. The fraction of sp³-hybridized carbons (Fsp3) is 0.396. The first-order valence-electron chi connectivity index (χ1n) is 20.3. The average Bonchev–Trinajstić information content (AvgIpc) is 3.87. The molecule has 296 valence electrons. The van der Waals surface area contributed by atoms with Crippen LogP contribution in [-0.4, -0.2) is 47.3 Å². The summed E-state index contributed by atoms with van der Waals surface area (Å²) in [7, 11) is 12.6. The average molecular weight is 878 g/mol. The van der Waals surface area contributed by atoms with Crippen LogP contribution >= 0.6 is 19.4 Å². The van der Waals surface area contributed by atoms with Gasteiger partial charge in [-0.2, -0.15) is 0 Å². The van der Waals surface area contributed by atoms with E-state index in [-0.39, 0.29) is 17.4 Å². The van der Waals surface area contributed by atoms with Gasteiger partial charge in [0.2, 0.25) is 0 Å². The molecule has 56 heavy (non-hydrogen) atoms. The van der Waals surface area contributed by atoms with Crippen LogP contribution in [0.1, 0.15) is 113 Å². The summed E-state index contributed by atoms with van der Waals surface area (Å²) in [5, 5.41) is 5.09. The molecule has 5 aromatic carbocycles. The van der Waals surface area contributed by atoms with E-state index in [1.165, 1.54) is 55.2 Å². The van der Waals surface area contributed by atoms with Gasteiger partial charge in [0.15, 0.2) is 0 Å². The van der Waals surface area contributed by atoms with Crippen molar-refractivity contribution in [3.63, 3.8) is 0 Å². The van der Waals surface area contributed by atoms with Gasteiger partial charge >= 0.3 is 203 Å². The van der Waals surface area contributed by atoms with Gasteiger partial charge in [-0.25, -0.2) is 0 Å². The summed E-state index contributed by atoms with van der Waals surface area (Å²) in [4.78, 5) is 20.0. The van der Waals surface area contributed by atoms with E-state index in [0.29, 0.717) is 22.1 Å². The van der Waals surface area contributed by atoms with Crippen molar-refractivity contribution in [2.45, 2.75) is 97.1 Å². The van der Waals surface area contributed by atoms with Crippen LogP contribution in [-0.2, 0) is 23.7 Å². The first-order chi connectivity index (χ1) is 26.8. The topological polar surface area (TPSA) is 32.8 Å². The Bertz CT molecular complexity index is 2340. The van der Waals surface area contributed by atoms with Gasteiger partial charge in [-0.1, -0.05) is 71.0 Å². The number of likely N-dealkylation sites (tertiary alicyclic amines) is 1. The van der Waals surface area contributed by atoms with Crippen molar-refractivity contribution in [2.75, 3.05) is 36.0 Å². The van der Waals surface area contributed by atoms with Crippen LogP contribution < -0.4 is 14.5 Å². The molecule has 3 unspecified atom stereocenters. The van der Waals surface area contributed by atoms with Gasteiger partial charge in [0, 0.05) is 17.6 Å². The number of carbonyl (C=O) groups is 1. The quantitative estimate of drug-likeness (QED) is 0.0926. The number of anilines is 2. The van der Waals surface area contributed by atoms with E-state index in [2.05, 4.69) is 119 Å². The molecule has 5 aromatic rings. The second kappa shape index (κ2) is 15.5. The van der Waals surface area contributed by atoms with Crippen LogP contribution in [0, 0.1) is 6.67 Å². The molecule has 8 heteroatoms. The Morgan fingerprint density at radius 1 is 0.857 bits per heavy atom. The number of halogens is 2. The van der Waals surface area contributed by atoms with Crippen LogP contribution in [0.3, 0.4) is 0 Å². The molecule has 3 aliphatic rings. The van der Waals surface area contributed by atoms with E-state index in [1.807, 2.05) is 35.8 Å². The SMILES string of the molecule is CC(Oc1ccccc1[CH]=[Ru]([Cl])[Cl])C(=O)[N+]1(C(C)c2ccc3ccc4cc3c2N2[CH-]N(CC2)c2c(C(C)C)ccc3ccc(cc23)C(C)CC4(C)C)CCCC1. The zero-order valence-corrected chi connectivity index (χ0v) is 37.0. The van der Waals surface area contributed by atoms with Gasteiger partial charge in [-0.3, -0.25) is 0 Å². The summed E-state index contributed by atoms with van der Waals surface area (Å²) in [6.45, 7) is 21.7. The van der Waals surface area contributed by atoms with Crippen molar-refractivity contribution in [2.24, 2.45) is 0 Å². The second-order valence-electron chi connectivity index (χ2n) is 17.4. The number of rotatable bonds is 7. The number of quaternary nitrogens is 1. The second-order valence-corrected chi connectivity index (χ2v) is 23.1. The number of hydrogen-bond donors (Lipinski definition) is 0. The fourth-order valence-electron chi connectivity index (χ4n) is 9.99. The Morgan fingerprint density at radius 2 is 1.46 bits per heavy atom. The number of nitrogens with zero attached hydrogens (tertiary/aromatic N) is 3. The summed E-state index contributed by atoms with van der Waals surface area (Å²) in [5.74, 6) is 1.52. The number of para-hydroxylation sites is 1. The molecule has 0 aromatic heterocycles. The minimum atomic E-state index is -2.09. The predicted molar refractivity (Wildman–Crippen MR) is 233 cm³/mol. The molecule has 0 aliphatic carbocycles. The molecule has 3 atom stereocenters. The Morgan fingerprint density at radius 3 is 2.14 bits per heavy atom. The zero-order valence-electron chi connectivity index (χ0n) is 33.8. The number of benzene rings is 5. The molecular formula is C48H55Cl2N3O2Ru. The Kier molecular flexibility index (Phi) is 10.9. The summed E-state index contributed by atoms with van der Waals surface area (Å²) < 4.78 is 8.77. The van der Waals surface area contributed by atoms with Crippen LogP contribution in [0.5, 0.6) is 5.75 Å². The zero-order chi connectivity index (χ0) is 39.5. The van der Waals surface area contributed by atoms with Crippen molar-refractivity contribution in [3.05, 3.63) is 119 Å². The van der Waals surface area contributed by atoms with E-state index in [1.54, 1.807) is 0 Å². The van der Waals surface area contributed by atoms with Gasteiger partial charge < -0.3 is 4.90 Å². The molecule has 0 N–H and O–H groups in total. The van der Waals surface area contributed by atoms with E-state index < -0.39 is 19.6 Å². The third-order valence-corrected chi connectivity index (χ3v) is 14.9. The van der Waals surface area contributed by atoms with Crippen molar-refractivity contribution in [1.29, 1.82) is 0 Å². The minimum absolute atomic E-state index is 0.0658. The molecule has 2 fully saturated rings. The predicted octanol–water partition coefficient (Wildman–Crippen LogP) is 12.1. The van der Waals surface area contributed by atoms with Gasteiger partial charge in [0.25, 0.3) is 0 Å². The monoisotopic (exact) mass is 877 g/mol. The van der Waals surface area contributed by atoms with Gasteiger partial charge in [-0.05, 0) is 51.8 Å². The van der Waals surface area contributed by atoms with E-state index in [9.17, 15) is 0 Å². The number of fused-ring (bicyclic) bond motifs is 6. The van der Waals surface area contributed by atoms with Gasteiger partial charge in [0.05, 0.1) is 0 Å². The molecule has 0 radical (unpaired) electrons. The maximum absolute atomic E-state index is 15.0. The normalized spacial score (nSPS) is 20.1. The third-order valence-electron chi connectivity index (χ3n) is 13.0. The van der Waals surface area contributed by atoms with Crippen LogP contribution in [0.25, 0.3) is 21.5 Å². The van der Waals surface area contributed by atoms with Gasteiger partial charge in [-0.15, -0.1) is 0 Å². The number of amides is 1. The molecule has 0 spiro atoms. The summed E-state index contributed by atoms with van der Waals surface area (Å²) in [6.07, 6.45) is 2.38. The van der Waals surface area contributed by atoms with Crippen molar-refractivity contribution >= 4 is 62.8 Å². The molecule has 8 rings (SSSR count). The Balaban J connectivity index is 1.27. The molecule has 2 saturated heterocycles. The van der Waals surface area contributed by atoms with Crippen LogP contribution in [0.4, 0.5) is 11.4 Å². The molecule has 6 bridgehead atoms.